The minimum absolute atomic E-state index is 0.281. The van der Waals surface area contributed by atoms with Crippen molar-refractivity contribution in [3.8, 4) is 0 Å². The van der Waals surface area contributed by atoms with Gasteiger partial charge in [-0.1, -0.05) is 27.7 Å². The Kier molecular flexibility index (Phi) is 15.0. The van der Waals surface area contributed by atoms with Crippen molar-refractivity contribution in [1.29, 1.82) is 0 Å². The van der Waals surface area contributed by atoms with Crippen molar-refractivity contribution in [3.05, 3.63) is 0 Å². The van der Waals surface area contributed by atoms with E-state index in [9.17, 15) is 0 Å². The van der Waals surface area contributed by atoms with E-state index in [4.69, 9.17) is 9.47 Å². The molecule has 3 nitrogen and oxygen atoms in total. The van der Waals surface area contributed by atoms with Gasteiger partial charge in [0.2, 0.25) is 0 Å². The SMILES string of the molecule is CC.CC.COCC1CN(C)CCO1. The molecule has 0 radical (unpaired) electrons. The predicted octanol–water partition coefficient (Wildman–Crippen LogP) is 2.02. The minimum atomic E-state index is 0.281. The lowest BCUT2D eigenvalue weighted by Gasteiger charge is -2.29. The summed E-state index contributed by atoms with van der Waals surface area (Å²) in [5, 5.41) is 0. The highest BCUT2D eigenvalue weighted by Gasteiger charge is 2.16. The quantitative estimate of drug-likeness (QED) is 0.688. The zero-order valence-electron chi connectivity index (χ0n) is 10.7. The van der Waals surface area contributed by atoms with E-state index in [1.54, 1.807) is 7.11 Å². The van der Waals surface area contributed by atoms with E-state index in [1.807, 2.05) is 27.7 Å². The Morgan fingerprint density at radius 3 is 2.29 bits per heavy atom. The molecule has 0 aromatic heterocycles. The van der Waals surface area contributed by atoms with Crippen LogP contribution < -0.4 is 0 Å². The first-order chi connectivity index (χ1) is 6.83. The highest BCUT2D eigenvalue weighted by atomic mass is 16.5. The first kappa shape index (κ1) is 16.3. The first-order valence-corrected chi connectivity index (χ1v) is 5.62. The van der Waals surface area contributed by atoms with Gasteiger partial charge in [0.05, 0.1) is 19.3 Å². The number of ether oxygens (including phenoxy) is 2. The highest BCUT2D eigenvalue weighted by molar-refractivity contribution is 4.67. The zero-order chi connectivity index (χ0) is 11.4. The van der Waals surface area contributed by atoms with Crippen LogP contribution in [-0.2, 0) is 9.47 Å². The van der Waals surface area contributed by atoms with Gasteiger partial charge in [-0.3, -0.25) is 0 Å². The molecule has 0 spiro atoms. The molecule has 0 N–H and O–H groups in total. The Labute approximate surface area is 89.4 Å². The lowest BCUT2D eigenvalue weighted by molar-refractivity contribution is -0.0542. The fraction of sp³-hybridized carbons (Fsp3) is 1.00. The molecule has 88 valence electrons. The molecular weight excluding hydrogens is 178 g/mol. The van der Waals surface area contributed by atoms with Crippen molar-refractivity contribution in [1.82, 2.24) is 4.90 Å². The Morgan fingerprint density at radius 1 is 1.29 bits per heavy atom. The van der Waals surface area contributed by atoms with Crippen LogP contribution in [0.4, 0.5) is 0 Å². The van der Waals surface area contributed by atoms with Crippen molar-refractivity contribution in [2.24, 2.45) is 0 Å². The maximum atomic E-state index is 5.42. The van der Waals surface area contributed by atoms with Crippen LogP contribution in [0, 0.1) is 0 Å². The molecule has 0 saturated carbocycles. The van der Waals surface area contributed by atoms with E-state index < -0.39 is 0 Å². The number of morpholine rings is 1. The zero-order valence-corrected chi connectivity index (χ0v) is 10.7. The average Bonchev–Trinajstić information content (AvgIpc) is 2.24. The van der Waals surface area contributed by atoms with Crippen LogP contribution in [0.25, 0.3) is 0 Å². The molecule has 0 bridgehead atoms. The summed E-state index contributed by atoms with van der Waals surface area (Å²) in [6, 6.07) is 0. The van der Waals surface area contributed by atoms with Gasteiger partial charge >= 0.3 is 0 Å². The molecule has 1 saturated heterocycles. The van der Waals surface area contributed by atoms with E-state index in [1.165, 1.54) is 0 Å². The summed E-state index contributed by atoms with van der Waals surface area (Å²) in [7, 11) is 3.81. The van der Waals surface area contributed by atoms with Crippen molar-refractivity contribution in [3.63, 3.8) is 0 Å². The third-order valence-electron chi connectivity index (χ3n) is 1.69. The molecule has 1 fully saturated rings. The molecule has 3 heteroatoms. The van der Waals surface area contributed by atoms with Gasteiger partial charge in [0.15, 0.2) is 0 Å². The van der Waals surface area contributed by atoms with Gasteiger partial charge in [-0.25, -0.2) is 0 Å². The molecule has 1 unspecified atom stereocenters. The minimum Gasteiger partial charge on any atom is -0.382 e. The van der Waals surface area contributed by atoms with Gasteiger partial charge in [0, 0.05) is 20.2 Å². The van der Waals surface area contributed by atoms with E-state index in [0.717, 1.165) is 19.7 Å². The Balaban J connectivity index is 0. The summed E-state index contributed by atoms with van der Waals surface area (Å²) in [4.78, 5) is 2.26. The molecule has 0 amide bonds. The molecule has 1 heterocycles. The van der Waals surface area contributed by atoms with Gasteiger partial charge in [-0.15, -0.1) is 0 Å². The summed E-state index contributed by atoms with van der Waals surface area (Å²) in [5.74, 6) is 0. The van der Waals surface area contributed by atoms with Crippen molar-refractivity contribution < 1.29 is 9.47 Å². The molecule has 0 aromatic carbocycles. The van der Waals surface area contributed by atoms with Gasteiger partial charge in [-0.2, -0.15) is 0 Å². The molecule has 14 heavy (non-hydrogen) atoms. The number of likely N-dealkylation sites (N-methyl/N-ethyl adjacent to an activating group) is 1. The third-order valence-corrected chi connectivity index (χ3v) is 1.69. The van der Waals surface area contributed by atoms with Crippen molar-refractivity contribution >= 4 is 0 Å². The van der Waals surface area contributed by atoms with E-state index in [-0.39, 0.29) is 6.10 Å². The highest BCUT2D eigenvalue weighted by Crippen LogP contribution is 2.02. The van der Waals surface area contributed by atoms with Crippen LogP contribution in [0.1, 0.15) is 27.7 Å². The predicted molar refractivity (Wildman–Crippen MR) is 61.8 cm³/mol. The maximum Gasteiger partial charge on any atom is 0.0935 e. The maximum absolute atomic E-state index is 5.42. The Morgan fingerprint density at radius 2 is 1.86 bits per heavy atom. The molecule has 1 atom stereocenters. The number of methoxy groups -OCH3 is 1. The summed E-state index contributed by atoms with van der Waals surface area (Å²) in [6.45, 7) is 11.6. The van der Waals surface area contributed by atoms with Crippen LogP contribution in [0.5, 0.6) is 0 Å². The second-order valence-electron chi connectivity index (χ2n) is 2.71. The largest absolute Gasteiger partial charge is 0.382 e. The first-order valence-electron chi connectivity index (χ1n) is 5.62. The second kappa shape index (κ2) is 12.9. The van der Waals surface area contributed by atoms with E-state index in [2.05, 4.69) is 11.9 Å². The van der Waals surface area contributed by atoms with Gasteiger partial charge in [0.25, 0.3) is 0 Å². The summed E-state index contributed by atoms with van der Waals surface area (Å²) < 4.78 is 10.4. The molecule has 1 aliphatic rings. The van der Waals surface area contributed by atoms with Crippen LogP contribution in [-0.4, -0.2) is 51.5 Å². The van der Waals surface area contributed by atoms with E-state index in [0.29, 0.717) is 6.61 Å². The normalized spacial score (nSPS) is 21.4. The lowest BCUT2D eigenvalue weighted by Crippen LogP contribution is -2.41. The smallest absolute Gasteiger partial charge is 0.0935 e. The Bertz CT molecular complexity index is 97.3. The molecule has 1 aliphatic heterocycles. The third kappa shape index (κ3) is 8.48. The number of hydrogen-bond donors (Lipinski definition) is 0. The monoisotopic (exact) mass is 205 g/mol. The summed E-state index contributed by atoms with van der Waals surface area (Å²) >= 11 is 0. The lowest BCUT2D eigenvalue weighted by atomic mass is 10.3. The second-order valence-corrected chi connectivity index (χ2v) is 2.71. The van der Waals surface area contributed by atoms with Gasteiger partial charge in [-0.05, 0) is 7.05 Å². The van der Waals surface area contributed by atoms with E-state index >= 15 is 0 Å². The van der Waals surface area contributed by atoms with Crippen LogP contribution in [0.2, 0.25) is 0 Å². The summed E-state index contributed by atoms with van der Waals surface area (Å²) in [5.41, 5.74) is 0. The van der Waals surface area contributed by atoms with Crippen molar-refractivity contribution in [2.45, 2.75) is 33.8 Å². The van der Waals surface area contributed by atoms with Crippen LogP contribution in [0.3, 0.4) is 0 Å². The van der Waals surface area contributed by atoms with Gasteiger partial charge in [0.1, 0.15) is 0 Å². The standard InChI is InChI=1S/C7H15NO2.2C2H6/c1-8-3-4-10-7(5-8)6-9-2;2*1-2/h7H,3-6H2,1-2H3;2*1-2H3. The number of rotatable bonds is 2. The average molecular weight is 205 g/mol. The fourth-order valence-corrected chi connectivity index (χ4v) is 1.15. The summed E-state index contributed by atoms with van der Waals surface area (Å²) in [6.07, 6.45) is 0.281. The molecule has 0 aliphatic carbocycles. The number of nitrogens with zero attached hydrogens (tertiary/aromatic N) is 1. The van der Waals surface area contributed by atoms with Crippen LogP contribution in [0.15, 0.2) is 0 Å². The number of hydrogen-bond acceptors (Lipinski definition) is 3. The molecule has 0 aromatic rings. The molecule has 1 rings (SSSR count). The molecular formula is C11H27NO2. The van der Waals surface area contributed by atoms with Crippen LogP contribution >= 0.6 is 0 Å². The fourth-order valence-electron chi connectivity index (χ4n) is 1.15. The Hall–Kier alpha value is -0.120. The topological polar surface area (TPSA) is 21.7 Å². The van der Waals surface area contributed by atoms with Gasteiger partial charge < -0.3 is 14.4 Å². The van der Waals surface area contributed by atoms with Crippen molar-refractivity contribution in [2.75, 3.05) is 40.5 Å².